The Kier molecular flexibility index (Phi) is 5.86. The molecule has 0 aliphatic heterocycles. The number of halogens is 3. The van der Waals surface area contributed by atoms with Gasteiger partial charge in [-0.2, -0.15) is 0 Å². The fraction of sp³-hybridized carbons (Fsp3) is 0.222. The molecule has 0 radical (unpaired) electrons. The van der Waals surface area contributed by atoms with Gasteiger partial charge in [-0.25, -0.2) is 18.0 Å². The van der Waals surface area contributed by atoms with Gasteiger partial charge in [0.25, 0.3) is 5.91 Å². The quantitative estimate of drug-likeness (QED) is 0.648. The number of anilines is 1. The average molecular weight is 367 g/mol. The summed E-state index contributed by atoms with van der Waals surface area (Å²) < 4.78 is 49.8. The van der Waals surface area contributed by atoms with E-state index in [4.69, 9.17) is 9.47 Å². The van der Waals surface area contributed by atoms with Crippen LogP contribution in [0.4, 0.5) is 18.9 Å². The van der Waals surface area contributed by atoms with Crippen LogP contribution in [0.5, 0.6) is 5.75 Å². The predicted octanol–water partition coefficient (Wildman–Crippen LogP) is 3.60. The number of benzene rings is 2. The van der Waals surface area contributed by atoms with Crippen LogP contribution in [0.15, 0.2) is 30.3 Å². The van der Waals surface area contributed by atoms with E-state index in [9.17, 15) is 22.8 Å². The van der Waals surface area contributed by atoms with E-state index in [2.05, 4.69) is 0 Å². The molecule has 0 spiro atoms. The minimum atomic E-state index is -1.71. The molecule has 0 bridgehead atoms. The molecule has 0 saturated heterocycles. The molecule has 0 unspecified atom stereocenters. The van der Waals surface area contributed by atoms with E-state index in [0.717, 1.165) is 11.6 Å². The van der Waals surface area contributed by atoms with Gasteiger partial charge in [0.1, 0.15) is 11.3 Å². The third-order valence-electron chi connectivity index (χ3n) is 3.52. The van der Waals surface area contributed by atoms with Crippen molar-refractivity contribution in [3.8, 4) is 5.75 Å². The van der Waals surface area contributed by atoms with Crippen molar-refractivity contribution in [3.05, 3.63) is 58.9 Å². The fourth-order valence-electron chi connectivity index (χ4n) is 2.12. The Morgan fingerprint density at radius 2 is 1.77 bits per heavy atom. The third-order valence-corrected chi connectivity index (χ3v) is 3.52. The van der Waals surface area contributed by atoms with Gasteiger partial charge in [-0.05, 0) is 38.1 Å². The lowest BCUT2D eigenvalue weighted by molar-refractivity contribution is -0.123. The molecular formula is C18H16F3NO4. The molecule has 0 saturated carbocycles. The zero-order valence-corrected chi connectivity index (χ0v) is 14.2. The SMILES string of the molecule is COc1ccc(C)cc1C(=O)O[C@H](C)C(=O)Nc1ccc(F)c(F)c1F. The molecule has 0 heterocycles. The van der Waals surface area contributed by atoms with Crippen molar-refractivity contribution >= 4 is 17.6 Å². The van der Waals surface area contributed by atoms with Crippen LogP contribution in [0.2, 0.25) is 0 Å². The normalized spacial score (nSPS) is 11.6. The number of amides is 1. The molecule has 0 fully saturated rings. The van der Waals surface area contributed by atoms with Crippen LogP contribution < -0.4 is 10.1 Å². The minimum Gasteiger partial charge on any atom is -0.496 e. The molecule has 1 atom stereocenters. The van der Waals surface area contributed by atoms with Gasteiger partial charge in [0.05, 0.1) is 12.8 Å². The van der Waals surface area contributed by atoms with E-state index in [1.807, 2.05) is 5.32 Å². The van der Waals surface area contributed by atoms with Gasteiger partial charge >= 0.3 is 5.97 Å². The van der Waals surface area contributed by atoms with E-state index in [0.29, 0.717) is 6.07 Å². The topological polar surface area (TPSA) is 64.6 Å². The van der Waals surface area contributed by atoms with Gasteiger partial charge in [-0.1, -0.05) is 11.6 Å². The first-order chi connectivity index (χ1) is 12.2. The lowest BCUT2D eigenvalue weighted by atomic mass is 10.1. The summed E-state index contributed by atoms with van der Waals surface area (Å²) in [4.78, 5) is 24.3. The van der Waals surface area contributed by atoms with Gasteiger partial charge in [0.2, 0.25) is 0 Å². The van der Waals surface area contributed by atoms with Crippen LogP contribution in [0, 0.1) is 24.4 Å². The highest BCUT2D eigenvalue weighted by atomic mass is 19.2. The number of aryl methyl sites for hydroxylation is 1. The molecule has 2 aromatic carbocycles. The van der Waals surface area contributed by atoms with E-state index < -0.39 is 41.1 Å². The molecule has 26 heavy (non-hydrogen) atoms. The molecule has 1 amide bonds. The number of methoxy groups -OCH3 is 1. The summed E-state index contributed by atoms with van der Waals surface area (Å²) in [6.07, 6.45) is -1.32. The maximum Gasteiger partial charge on any atom is 0.342 e. The first-order valence-corrected chi connectivity index (χ1v) is 7.54. The zero-order valence-electron chi connectivity index (χ0n) is 14.2. The Hall–Kier alpha value is -3.03. The molecule has 8 heteroatoms. The van der Waals surface area contributed by atoms with Crippen molar-refractivity contribution in [2.45, 2.75) is 20.0 Å². The summed E-state index contributed by atoms with van der Waals surface area (Å²) in [7, 11) is 1.38. The third kappa shape index (κ3) is 4.14. The minimum absolute atomic E-state index is 0.117. The zero-order chi connectivity index (χ0) is 19.4. The standard InChI is InChI=1S/C18H16F3NO4/c1-9-4-7-14(25-3)11(8-9)18(24)26-10(2)17(23)22-13-6-5-12(19)15(20)16(13)21/h4-8,10H,1-3H3,(H,22,23)/t10-/m1/s1. The molecule has 0 aliphatic rings. The Labute approximate surface area is 147 Å². The number of carbonyl (C=O) groups excluding carboxylic acids is 2. The summed E-state index contributed by atoms with van der Waals surface area (Å²) in [6.45, 7) is 3.02. The molecule has 138 valence electrons. The molecule has 0 aromatic heterocycles. The van der Waals surface area contributed by atoms with Gasteiger partial charge in [0.15, 0.2) is 23.6 Å². The Bertz CT molecular complexity index is 855. The van der Waals surface area contributed by atoms with Crippen LogP contribution in [-0.4, -0.2) is 25.1 Å². The largest absolute Gasteiger partial charge is 0.496 e. The summed E-state index contributed by atoms with van der Waals surface area (Å²) in [6, 6.07) is 6.37. The summed E-state index contributed by atoms with van der Waals surface area (Å²) in [5.41, 5.74) is 0.329. The highest BCUT2D eigenvalue weighted by Gasteiger charge is 2.23. The highest BCUT2D eigenvalue weighted by Crippen LogP contribution is 2.22. The van der Waals surface area contributed by atoms with E-state index >= 15 is 0 Å². The first-order valence-electron chi connectivity index (χ1n) is 7.54. The number of rotatable bonds is 5. The first kappa shape index (κ1) is 19.3. The number of hydrogen-bond acceptors (Lipinski definition) is 4. The van der Waals surface area contributed by atoms with Gasteiger partial charge in [0, 0.05) is 0 Å². The number of carbonyl (C=O) groups is 2. The highest BCUT2D eigenvalue weighted by molar-refractivity contribution is 5.98. The second-order valence-electron chi connectivity index (χ2n) is 5.46. The molecule has 2 rings (SSSR count). The second kappa shape index (κ2) is 7.90. The van der Waals surface area contributed by atoms with Crippen LogP contribution >= 0.6 is 0 Å². The number of nitrogens with one attached hydrogen (secondary N) is 1. The maximum atomic E-state index is 13.6. The van der Waals surface area contributed by atoms with Gasteiger partial charge in [-0.15, -0.1) is 0 Å². The number of esters is 1. The summed E-state index contributed by atoms with van der Waals surface area (Å²) in [5, 5.41) is 2.05. The van der Waals surface area contributed by atoms with Crippen molar-refractivity contribution in [1.82, 2.24) is 0 Å². The summed E-state index contributed by atoms with van der Waals surface area (Å²) in [5.74, 6) is -6.10. The summed E-state index contributed by atoms with van der Waals surface area (Å²) >= 11 is 0. The maximum absolute atomic E-state index is 13.6. The molecule has 2 aromatic rings. The lowest BCUT2D eigenvalue weighted by Crippen LogP contribution is -2.30. The Balaban J connectivity index is 2.11. The Morgan fingerprint density at radius 3 is 2.42 bits per heavy atom. The number of hydrogen-bond donors (Lipinski definition) is 1. The molecular weight excluding hydrogens is 351 g/mol. The van der Waals surface area contributed by atoms with Crippen LogP contribution in [0.25, 0.3) is 0 Å². The van der Waals surface area contributed by atoms with Gasteiger partial charge < -0.3 is 14.8 Å². The van der Waals surface area contributed by atoms with Crippen LogP contribution in [-0.2, 0) is 9.53 Å². The second-order valence-corrected chi connectivity index (χ2v) is 5.46. The Morgan fingerprint density at radius 1 is 1.08 bits per heavy atom. The van der Waals surface area contributed by atoms with Crippen molar-refractivity contribution in [2.24, 2.45) is 0 Å². The van der Waals surface area contributed by atoms with E-state index in [1.54, 1.807) is 19.1 Å². The van der Waals surface area contributed by atoms with E-state index in [1.165, 1.54) is 20.1 Å². The number of ether oxygens (including phenoxy) is 2. The molecule has 5 nitrogen and oxygen atoms in total. The van der Waals surface area contributed by atoms with Crippen molar-refractivity contribution in [2.75, 3.05) is 12.4 Å². The smallest absolute Gasteiger partial charge is 0.342 e. The van der Waals surface area contributed by atoms with Gasteiger partial charge in [-0.3, -0.25) is 4.79 Å². The van der Waals surface area contributed by atoms with Crippen molar-refractivity contribution < 1.29 is 32.2 Å². The van der Waals surface area contributed by atoms with Crippen molar-refractivity contribution in [1.29, 1.82) is 0 Å². The molecule has 0 aliphatic carbocycles. The average Bonchev–Trinajstić information content (AvgIpc) is 2.61. The monoisotopic (exact) mass is 367 g/mol. The van der Waals surface area contributed by atoms with Crippen molar-refractivity contribution in [3.63, 3.8) is 0 Å². The van der Waals surface area contributed by atoms with Crippen LogP contribution in [0.1, 0.15) is 22.8 Å². The fourth-order valence-corrected chi connectivity index (χ4v) is 2.12. The van der Waals surface area contributed by atoms with Crippen LogP contribution in [0.3, 0.4) is 0 Å². The van der Waals surface area contributed by atoms with E-state index in [-0.39, 0.29) is 11.3 Å². The predicted molar refractivity (Wildman–Crippen MR) is 87.6 cm³/mol. The molecule has 1 N–H and O–H groups in total. The lowest BCUT2D eigenvalue weighted by Gasteiger charge is -2.15.